The molecule has 1 saturated heterocycles. The fourth-order valence-corrected chi connectivity index (χ4v) is 4.24. The maximum Gasteiger partial charge on any atom is 0.0468 e. The van der Waals surface area contributed by atoms with E-state index in [2.05, 4.69) is 16.3 Å². The Morgan fingerprint density at radius 2 is 1.68 bits per heavy atom. The lowest BCUT2D eigenvalue weighted by Crippen LogP contribution is -2.46. The van der Waals surface area contributed by atoms with E-state index in [1.54, 1.807) is 0 Å². The molecule has 1 atom stereocenters. The normalized spacial score (nSPS) is 21.0. The van der Waals surface area contributed by atoms with Crippen molar-refractivity contribution in [2.24, 2.45) is 5.92 Å². The fourth-order valence-electron chi connectivity index (χ4n) is 3.72. The van der Waals surface area contributed by atoms with Crippen molar-refractivity contribution >= 4 is 48.0 Å². The van der Waals surface area contributed by atoms with Gasteiger partial charge in [0.2, 0.25) is 0 Å². The van der Waals surface area contributed by atoms with E-state index in [4.69, 9.17) is 23.2 Å². The Morgan fingerprint density at radius 1 is 1.05 bits per heavy atom. The zero-order valence-electron chi connectivity index (χ0n) is 12.6. The van der Waals surface area contributed by atoms with Crippen LogP contribution in [0.4, 0.5) is 0 Å². The van der Waals surface area contributed by atoms with E-state index < -0.39 is 0 Å². The lowest BCUT2D eigenvalue weighted by Gasteiger charge is -2.39. The van der Waals surface area contributed by atoms with Gasteiger partial charge in [-0.2, -0.15) is 0 Å². The molecule has 1 aromatic rings. The van der Waals surface area contributed by atoms with E-state index in [-0.39, 0.29) is 24.8 Å². The van der Waals surface area contributed by atoms with Crippen LogP contribution in [0.1, 0.15) is 37.3 Å². The molecule has 2 fully saturated rings. The van der Waals surface area contributed by atoms with Crippen LogP contribution in [0.15, 0.2) is 18.2 Å². The third-order valence-electron chi connectivity index (χ3n) is 4.67. The molecule has 2 aliphatic rings. The largest absolute Gasteiger partial charge is 0.314 e. The first-order chi connectivity index (χ1) is 9.75. The van der Waals surface area contributed by atoms with Gasteiger partial charge in [-0.1, -0.05) is 42.1 Å². The first kappa shape index (κ1) is 20.3. The van der Waals surface area contributed by atoms with E-state index in [0.29, 0.717) is 6.04 Å². The summed E-state index contributed by atoms with van der Waals surface area (Å²) in [4.78, 5) is 2.61. The summed E-state index contributed by atoms with van der Waals surface area (Å²) in [5.74, 6) is 0.742. The summed E-state index contributed by atoms with van der Waals surface area (Å²) in [6, 6.07) is 6.47. The van der Waals surface area contributed by atoms with Gasteiger partial charge < -0.3 is 5.32 Å². The number of hydrogen-bond acceptors (Lipinski definition) is 2. The summed E-state index contributed by atoms with van der Waals surface area (Å²) in [6.07, 6.45) is 5.37. The molecule has 0 amide bonds. The highest BCUT2D eigenvalue weighted by Crippen LogP contribution is 2.42. The third kappa shape index (κ3) is 4.66. The van der Waals surface area contributed by atoms with Crippen LogP contribution in [0, 0.1) is 5.92 Å². The molecule has 1 aliphatic carbocycles. The molecular weight excluding hydrogens is 362 g/mol. The van der Waals surface area contributed by atoms with Gasteiger partial charge in [0.05, 0.1) is 0 Å². The molecule has 1 saturated carbocycles. The van der Waals surface area contributed by atoms with Gasteiger partial charge in [0, 0.05) is 42.3 Å². The highest BCUT2D eigenvalue weighted by atomic mass is 35.5. The van der Waals surface area contributed by atoms with Crippen molar-refractivity contribution in [3.05, 3.63) is 33.8 Å². The lowest BCUT2D eigenvalue weighted by molar-refractivity contribution is 0.125. The van der Waals surface area contributed by atoms with Gasteiger partial charge in [-0.05, 0) is 36.5 Å². The second-order valence-corrected chi connectivity index (χ2v) is 6.78. The minimum atomic E-state index is 0. The summed E-state index contributed by atoms with van der Waals surface area (Å²) in [5.41, 5.74) is 1.27. The zero-order valence-corrected chi connectivity index (χ0v) is 15.7. The Balaban J connectivity index is 0.00000121. The van der Waals surface area contributed by atoms with Crippen molar-refractivity contribution in [3.63, 3.8) is 0 Å². The van der Waals surface area contributed by atoms with Crippen molar-refractivity contribution in [1.82, 2.24) is 10.2 Å². The smallest absolute Gasteiger partial charge is 0.0468 e. The molecule has 0 unspecified atom stereocenters. The Labute approximate surface area is 155 Å². The predicted octanol–water partition coefficient (Wildman–Crippen LogP) is 4.97. The monoisotopic (exact) mass is 384 g/mol. The molecule has 1 aliphatic heterocycles. The van der Waals surface area contributed by atoms with E-state index >= 15 is 0 Å². The number of halogens is 4. The van der Waals surface area contributed by atoms with Crippen molar-refractivity contribution < 1.29 is 0 Å². The molecule has 2 nitrogen and oxygen atoms in total. The van der Waals surface area contributed by atoms with Crippen molar-refractivity contribution in [3.8, 4) is 0 Å². The second kappa shape index (κ2) is 9.56. The van der Waals surface area contributed by atoms with Crippen LogP contribution in [-0.2, 0) is 0 Å². The summed E-state index contributed by atoms with van der Waals surface area (Å²) in [5, 5.41) is 4.99. The van der Waals surface area contributed by atoms with Crippen molar-refractivity contribution in [2.75, 3.05) is 26.2 Å². The van der Waals surface area contributed by atoms with Gasteiger partial charge in [0.25, 0.3) is 0 Å². The molecule has 0 aromatic heterocycles. The quantitative estimate of drug-likeness (QED) is 0.789. The minimum Gasteiger partial charge on any atom is -0.314 e. The fraction of sp³-hybridized carbons (Fsp3) is 0.625. The molecule has 22 heavy (non-hydrogen) atoms. The number of rotatable bonds is 3. The standard InChI is InChI=1S/C16H22Cl2N2.2ClH/c17-13-5-6-14(15(18)11-13)16(12-3-1-2-4-12)20-9-7-19-8-10-20;;/h5-6,11-12,16,19H,1-4,7-10H2;2*1H/t16-;;/m1../s1. The number of nitrogens with one attached hydrogen (secondary N) is 1. The van der Waals surface area contributed by atoms with Crippen LogP contribution in [0.2, 0.25) is 10.0 Å². The van der Waals surface area contributed by atoms with Crippen LogP contribution in [0.3, 0.4) is 0 Å². The van der Waals surface area contributed by atoms with Gasteiger partial charge in [0.15, 0.2) is 0 Å². The molecule has 1 N–H and O–H groups in total. The third-order valence-corrected chi connectivity index (χ3v) is 5.23. The molecule has 126 valence electrons. The summed E-state index contributed by atoms with van der Waals surface area (Å²) < 4.78 is 0. The average molecular weight is 386 g/mol. The van der Waals surface area contributed by atoms with Crippen LogP contribution in [-0.4, -0.2) is 31.1 Å². The van der Waals surface area contributed by atoms with E-state index in [9.17, 15) is 0 Å². The molecule has 6 heteroatoms. The molecule has 0 spiro atoms. The van der Waals surface area contributed by atoms with Gasteiger partial charge in [-0.15, -0.1) is 24.8 Å². The highest BCUT2D eigenvalue weighted by Gasteiger charge is 2.32. The second-order valence-electron chi connectivity index (χ2n) is 5.94. The van der Waals surface area contributed by atoms with Crippen LogP contribution in [0.25, 0.3) is 0 Å². The first-order valence-electron chi connectivity index (χ1n) is 7.65. The van der Waals surface area contributed by atoms with Crippen molar-refractivity contribution in [1.29, 1.82) is 0 Å². The van der Waals surface area contributed by atoms with Gasteiger partial charge in [0.1, 0.15) is 0 Å². The predicted molar refractivity (Wildman–Crippen MR) is 100 cm³/mol. The van der Waals surface area contributed by atoms with Crippen LogP contribution in [0.5, 0.6) is 0 Å². The van der Waals surface area contributed by atoms with Gasteiger partial charge in [-0.25, -0.2) is 0 Å². The zero-order chi connectivity index (χ0) is 13.9. The summed E-state index contributed by atoms with van der Waals surface area (Å²) >= 11 is 12.6. The Kier molecular flexibility index (Phi) is 8.84. The van der Waals surface area contributed by atoms with E-state index in [1.807, 2.05) is 12.1 Å². The maximum absolute atomic E-state index is 6.50. The highest BCUT2D eigenvalue weighted by molar-refractivity contribution is 6.35. The SMILES string of the molecule is Cl.Cl.Clc1ccc([C@@H](C2CCCC2)N2CCNCC2)c(Cl)c1. The summed E-state index contributed by atoms with van der Waals surface area (Å²) in [6.45, 7) is 4.38. The Morgan fingerprint density at radius 3 is 2.27 bits per heavy atom. The first-order valence-corrected chi connectivity index (χ1v) is 8.41. The Bertz CT molecular complexity index is 457. The number of piperazine rings is 1. The lowest BCUT2D eigenvalue weighted by atomic mass is 9.89. The molecule has 0 radical (unpaired) electrons. The van der Waals surface area contributed by atoms with Gasteiger partial charge in [-0.3, -0.25) is 4.90 Å². The number of hydrogen-bond donors (Lipinski definition) is 1. The number of benzene rings is 1. The molecule has 3 rings (SSSR count). The van der Waals surface area contributed by atoms with E-state index in [0.717, 1.165) is 42.1 Å². The van der Waals surface area contributed by atoms with E-state index in [1.165, 1.54) is 31.2 Å². The van der Waals surface area contributed by atoms with Crippen LogP contribution < -0.4 is 5.32 Å². The van der Waals surface area contributed by atoms with Crippen LogP contribution >= 0.6 is 48.0 Å². The molecule has 1 heterocycles. The molecule has 1 aromatic carbocycles. The molecular formula is C16H24Cl4N2. The number of nitrogens with zero attached hydrogens (tertiary/aromatic N) is 1. The topological polar surface area (TPSA) is 15.3 Å². The average Bonchev–Trinajstić information content (AvgIpc) is 2.97. The van der Waals surface area contributed by atoms with Crippen molar-refractivity contribution in [2.45, 2.75) is 31.7 Å². The molecule has 0 bridgehead atoms. The maximum atomic E-state index is 6.50. The summed E-state index contributed by atoms with van der Waals surface area (Å²) in [7, 11) is 0. The van der Waals surface area contributed by atoms with Gasteiger partial charge >= 0.3 is 0 Å². The minimum absolute atomic E-state index is 0. The Hall–Kier alpha value is 0.300.